The Kier molecular flexibility index (Phi) is 6.39. The van der Waals surface area contributed by atoms with Crippen LogP contribution >= 0.6 is 0 Å². The van der Waals surface area contributed by atoms with Gasteiger partial charge in [-0.2, -0.15) is 0 Å². The summed E-state index contributed by atoms with van der Waals surface area (Å²) in [4.78, 5) is 29.7. The lowest BCUT2D eigenvalue weighted by molar-refractivity contribution is -0.136. The molecule has 31 heavy (non-hydrogen) atoms. The van der Waals surface area contributed by atoms with Crippen LogP contribution < -0.4 is 5.32 Å². The van der Waals surface area contributed by atoms with Crippen LogP contribution in [0.1, 0.15) is 12.0 Å². The molecule has 2 aromatic carbocycles. The van der Waals surface area contributed by atoms with E-state index in [2.05, 4.69) is 10.2 Å². The fraction of sp³-hybridized carbons (Fsp3) is 0.304. The van der Waals surface area contributed by atoms with Crippen LogP contribution in [0.25, 0.3) is 5.57 Å². The van der Waals surface area contributed by atoms with Crippen LogP contribution in [0.3, 0.4) is 0 Å². The molecule has 2 aliphatic rings. The van der Waals surface area contributed by atoms with E-state index in [0.29, 0.717) is 30.9 Å². The molecule has 1 saturated heterocycles. The highest BCUT2D eigenvalue weighted by atomic mass is 19.1. The lowest BCUT2D eigenvalue weighted by atomic mass is 10.0. The van der Waals surface area contributed by atoms with E-state index < -0.39 is 23.4 Å². The molecule has 0 bridgehead atoms. The van der Waals surface area contributed by atoms with E-state index in [1.807, 2.05) is 0 Å². The zero-order valence-electron chi connectivity index (χ0n) is 16.9. The van der Waals surface area contributed by atoms with Gasteiger partial charge in [-0.3, -0.25) is 19.4 Å². The summed E-state index contributed by atoms with van der Waals surface area (Å²) >= 11 is 0. The lowest BCUT2D eigenvalue weighted by Crippen LogP contribution is -2.39. The van der Waals surface area contributed by atoms with Gasteiger partial charge in [0.05, 0.1) is 18.8 Å². The second-order valence-electron chi connectivity index (χ2n) is 7.46. The Bertz CT molecular complexity index is 1000. The molecule has 8 heteroatoms. The normalized spacial score (nSPS) is 17.5. The molecule has 0 spiro atoms. The van der Waals surface area contributed by atoms with Gasteiger partial charge < -0.3 is 10.1 Å². The highest BCUT2D eigenvalue weighted by Gasteiger charge is 2.39. The van der Waals surface area contributed by atoms with Crippen molar-refractivity contribution in [2.24, 2.45) is 0 Å². The molecule has 2 aliphatic heterocycles. The largest absolute Gasteiger partial charge is 0.379 e. The van der Waals surface area contributed by atoms with Crippen LogP contribution in [0, 0.1) is 11.6 Å². The molecule has 6 nitrogen and oxygen atoms in total. The summed E-state index contributed by atoms with van der Waals surface area (Å²) < 4.78 is 32.4. The topological polar surface area (TPSA) is 61.9 Å². The standard InChI is InChI=1S/C23H23F2N3O3/c24-17-7-5-16(6-8-17)20-21(26-19-4-1-3-18(25)15-19)23(30)28(22(20)29)10-2-9-27-11-13-31-14-12-27/h1,3-8,15,26H,2,9-14H2. The van der Waals surface area contributed by atoms with Gasteiger partial charge in [0.25, 0.3) is 11.8 Å². The molecule has 1 N–H and O–H groups in total. The van der Waals surface area contributed by atoms with Gasteiger partial charge in [-0.25, -0.2) is 8.78 Å². The number of imide groups is 1. The van der Waals surface area contributed by atoms with Crippen molar-refractivity contribution < 1.29 is 23.1 Å². The summed E-state index contributed by atoms with van der Waals surface area (Å²) in [6, 6.07) is 11.0. The predicted octanol–water partition coefficient (Wildman–Crippen LogP) is 2.88. The van der Waals surface area contributed by atoms with Crippen LogP contribution in [0.4, 0.5) is 14.5 Å². The third-order valence-electron chi connectivity index (χ3n) is 5.35. The van der Waals surface area contributed by atoms with E-state index in [-0.39, 0.29) is 17.8 Å². The van der Waals surface area contributed by atoms with Crippen LogP contribution in [-0.2, 0) is 14.3 Å². The number of carbonyl (C=O) groups is 2. The Morgan fingerprint density at radius 1 is 0.903 bits per heavy atom. The fourth-order valence-corrected chi connectivity index (χ4v) is 3.77. The van der Waals surface area contributed by atoms with Gasteiger partial charge >= 0.3 is 0 Å². The van der Waals surface area contributed by atoms with Gasteiger partial charge in [-0.1, -0.05) is 18.2 Å². The van der Waals surface area contributed by atoms with E-state index in [9.17, 15) is 18.4 Å². The van der Waals surface area contributed by atoms with Gasteiger partial charge in [0.15, 0.2) is 0 Å². The van der Waals surface area contributed by atoms with E-state index in [1.54, 1.807) is 6.07 Å². The van der Waals surface area contributed by atoms with E-state index in [1.165, 1.54) is 47.4 Å². The molecular weight excluding hydrogens is 404 g/mol. The summed E-state index contributed by atoms with van der Waals surface area (Å²) in [5, 5.41) is 2.90. The Labute approximate surface area is 179 Å². The smallest absolute Gasteiger partial charge is 0.278 e. The van der Waals surface area contributed by atoms with Crippen LogP contribution in [0.2, 0.25) is 0 Å². The minimum atomic E-state index is -0.476. The second kappa shape index (κ2) is 9.36. The maximum Gasteiger partial charge on any atom is 0.278 e. The molecule has 2 aromatic rings. The number of carbonyl (C=O) groups excluding carboxylic acids is 2. The van der Waals surface area contributed by atoms with Crippen molar-refractivity contribution in [1.29, 1.82) is 0 Å². The summed E-state index contributed by atoms with van der Waals surface area (Å²) in [6.45, 7) is 4.02. The molecule has 2 amide bonds. The quantitative estimate of drug-likeness (QED) is 0.689. The first-order valence-electron chi connectivity index (χ1n) is 10.2. The maximum atomic E-state index is 13.6. The molecule has 0 unspecified atom stereocenters. The van der Waals surface area contributed by atoms with E-state index in [0.717, 1.165) is 19.6 Å². The monoisotopic (exact) mass is 427 g/mol. The zero-order valence-corrected chi connectivity index (χ0v) is 16.9. The van der Waals surface area contributed by atoms with Crippen molar-refractivity contribution in [2.75, 3.05) is 44.7 Å². The van der Waals surface area contributed by atoms with Crippen molar-refractivity contribution in [3.8, 4) is 0 Å². The molecule has 0 radical (unpaired) electrons. The number of halogens is 2. The summed E-state index contributed by atoms with van der Waals surface area (Å²) in [5.41, 5.74) is 0.995. The molecule has 0 aliphatic carbocycles. The first-order valence-corrected chi connectivity index (χ1v) is 10.2. The summed E-state index contributed by atoms with van der Waals surface area (Å²) in [7, 11) is 0. The molecule has 162 valence electrons. The number of nitrogens with one attached hydrogen (secondary N) is 1. The number of nitrogens with zero attached hydrogens (tertiary/aromatic N) is 2. The second-order valence-corrected chi connectivity index (χ2v) is 7.46. The Balaban J connectivity index is 1.56. The third kappa shape index (κ3) is 4.81. The van der Waals surface area contributed by atoms with Gasteiger partial charge in [0, 0.05) is 31.9 Å². The van der Waals surface area contributed by atoms with Crippen LogP contribution in [0.5, 0.6) is 0 Å². The van der Waals surface area contributed by atoms with Crippen LogP contribution in [-0.4, -0.2) is 61.0 Å². The highest BCUT2D eigenvalue weighted by molar-refractivity contribution is 6.36. The van der Waals surface area contributed by atoms with Crippen molar-refractivity contribution in [1.82, 2.24) is 9.80 Å². The first-order chi connectivity index (χ1) is 15.0. The predicted molar refractivity (Wildman–Crippen MR) is 112 cm³/mol. The molecule has 1 fully saturated rings. The third-order valence-corrected chi connectivity index (χ3v) is 5.35. The van der Waals surface area contributed by atoms with E-state index in [4.69, 9.17) is 4.74 Å². The van der Waals surface area contributed by atoms with Crippen molar-refractivity contribution >= 4 is 23.1 Å². The highest BCUT2D eigenvalue weighted by Crippen LogP contribution is 2.31. The molecule has 0 aromatic heterocycles. The minimum Gasteiger partial charge on any atom is -0.379 e. The number of hydrogen-bond acceptors (Lipinski definition) is 5. The minimum absolute atomic E-state index is 0.0635. The SMILES string of the molecule is O=C1C(Nc2cccc(F)c2)=C(c2ccc(F)cc2)C(=O)N1CCCN1CCOCC1. The molecule has 4 rings (SSSR count). The number of anilines is 1. The first kappa shape index (κ1) is 21.1. The van der Waals surface area contributed by atoms with Gasteiger partial charge in [-0.15, -0.1) is 0 Å². The van der Waals surface area contributed by atoms with Gasteiger partial charge in [0.2, 0.25) is 0 Å². The van der Waals surface area contributed by atoms with Crippen molar-refractivity contribution in [2.45, 2.75) is 6.42 Å². The number of ether oxygens (including phenoxy) is 1. The van der Waals surface area contributed by atoms with Crippen molar-refractivity contribution in [3.63, 3.8) is 0 Å². The maximum absolute atomic E-state index is 13.6. The number of morpholine rings is 1. The number of hydrogen-bond donors (Lipinski definition) is 1. The average Bonchev–Trinajstić information content (AvgIpc) is 2.99. The summed E-state index contributed by atoms with van der Waals surface area (Å²) in [6.07, 6.45) is 0.626. The number of rotatable bonds is 7. The molecular formula is C23H23F2N3O3. The zero-order chi connectivity index (χ0) is 21.8. The van der Waals surface area contributed by atoms with E-state index >= 15 is 0 Å². The van der Waals surface area contributed by atoms with Crippen molar-refractivity contribution in [3.05, 3.63) is 71.4 Å². The molecule has 2 heterocycles. The molecule has 0 saturated carbocycles. The van der Waals surface area contributed by atoms with Gasteiger partial charge in [-0.05, 0) is 42.3 Å². The number of benzene rings is 2. The summed E-state index contributed by atoms with van der Waals surface area (Å²) in [5.74, 6) is -1.83. The molecule has 0 atom stereocenters. The Morgan fingerprint density at radius 3 is 2.35 bits per heavy atom. The Hall–Kier alpha value is -3.10. The fourth-order valence-electron chi connectivity index (χ4n) is 3.77. The van der Waals surface area contributed by atoms with Crippen LogP contribution in [0.15, 0.2) is 54.2 Å². The average molecular weight is 427 g/mol. The Morgan fingerprint density at radius 2 is 1.65 bits per heavy atom. The van der Waals surface area contributed by atoms with Gasteiger partial charge in [0.1, 0.15) is 17.3 Å². The number of amides is 2. The lowest BCUT2D eigenvalue weighted by Gasteiger charge is -2.27.